The predicted octanol–water partition coefficient (Wildman–Crippen LogP) is 2.15. The minimum absolute atomic E-state index is 0.00274. The lowest BCUT2D eigenvalue weighted by molar-refractivity contribution is 0.0695. The number of benzene rings is 1. The minimum atomic E-state index is -1.32. The molecule has 1 aromatic heterocycles. The maximum atomic E-state index is 14.4. The van der Waals surface area contributed by atoms with Gasteiger partial charge in [0.25, 0.3) is 0 Å². The molecule has 24 heavy (non-hydrogen) atoms. The predicted molar refractivity (Wildman–Crippen MR) is 90.0 cm³/mol. The van der Waals surface area contributed by atoms with Crippen LogP contribution in [-0.2, 0) is 6.54 Å². The van der Waals surface area contributed by atoms with E-state index in [0.717, 1.165) is 25.3 Å². The van der Waals surface area contributed by atoms with Gasteiger partial charge in [-0.05, 0) is 38.3 Å². The molecule has 0 bridgehead atoms. The summed E-state index contributed by atoms with van der Waals surface area (Å²) in [6.07, 6.45) is 4.07. The second-order valence-electron chi connectivity index (χ2n) is 6.16. The highest BCUT2D eigenvalue weighted by Gasteiger charge is 2.25. The molecule has 2 atom stereocenters. The van der Waals surface area contributed by atoms with Crippen molar-refractivity contribution in [2.45, 2.75) is 44.8 Å². The second kappa shape index (κ2) is 6.24. The zero-order valence-corrected chi connectivity index (χ0v) is 13.4. The first-order valence-electron chi connectivity index (χ1n) is 8.04. The zero-order valence-electron chi connectivity index (χ0n) is 13.4. The Morgan fingerprint density at radius 3 is 2.79 bits per heavy atom. The number of carboxylic acids is 1. The number of hydrogen-bond acceptors (Lipinski definition) is 4. The van der Waals surface area contributed by atoms with E-state index in [2.05, 4.69) is 5.32 Å². The number of anilines is 1. The highest BCUT2D eigenvalue weighted by atomic mass is 19.1. The molecule has 0 radical (unpaired) electrons. The summed E-state index contributed by atoms with van der Waals surface area (Å²) in [4.78, 5) is 23.5. The van der Waals surface area contributed by atoms with Crippen LogP contribution in [0.25, 0.3) is 10.9 Å². The van der Waals surface area contributed by atoms with Gasteiger partial charge in [0.05, 0.1) is 11.2 Å². The molecule has 0 saturated heterocycles. The van der Waals surface area contributed by atoms with E-state index < -0.39 is 17.2 Å². The lowest BCUT2D eigenvalue weighted by Crippen LogP contribution is -2.35. The number of nitrogens with one attached hydrogen (secondary N) is 1. The first kappa shape index (κ1) is 16.4. The molecular formula is C17H20FN3O3. The number of aromatic carboxylic acids is 1. The Kier molecular flexibility index (Phi) is 4.28. The van der Waals surface area contributed by atoms with Crippen molar-refractivity contribution in [3.63, 3.8) is 0 Å². The normalized spacial score (nSPS) is 20.5. The zero-order chi connectivity index (χ0) is 17.4. The molecule has 0 spiro atoms. The molecule has 4 N–H and O–H groups in total. The van der Waals surface area contributed by atoms with Crippen LogP contribution in [0.2, 0.25) is 0 Å². The monoisotopic (exact) mass is 333 g/mol. The number of hydrogen-bond donors (Lipinski definition) is 3. The number of pyridine rings is 1. The third kappa shape index (κ3) is 2.75. The van der Waals surface area contributed by atoms with E-state index >= 15 is 0 Å². The van der Waals surface area contributed by atoms with Crippen molar-refractivity contribution < 1.29 is 14.3 Å². The van der Waals surface area contributed by atoms with E-state index in [1.54, 1.807) is 10.6 Å². The van der Waals surface area contributed by atoms with Crippen molar-refractivity contribution in [3.05, 3.63) is 39.9 Å². The summed E-state index contributed by atoms with van der Waals surface area (Å²) < 4.78 is 16.1. The molecule has 6 nitrogen and oxygen atoms in total. The van der Waals surface area contributed by atoms with E-state index in [4.69, 9.17) is 10.8 Å². The molecular weight excluding hydrogens is 313 g/mol. The minimum Gasteiger partial charge on any atom is -0.477 e. The molecule has 1 saturated carbocycles. The summed E-state index contributed by atoms with van der Waals surface area (Å²) in [6.45, 7) is 2.30. The van der Waals surface area contributed by atoms with E-state index in [1.165, 1.54) is 6.20 Å². The van der Waals surface area contributed by atoms with Crippen molar-refractivity contribution in [2.75, 3.05) is 5.32 Å². The van der Waals surface area contributed by atoms with Crippen LogP contribution < -0.4 is 16.5 Å². The first-order chi connectivity index (χ1) is 11.4. The number of halogens is 1. The molecule has 1 aliphatic carbocycles. The van der Waals surface area contributed by atoms with Gasteiger partial charge in [-0.2, -0.15) is 0 Å². The average Bonchev–Trinajstić information content (AvgIpc) is 2.94. The maximum Gasteiger partial charge on any atom is 0.341 e. The second-order valence-corrected chi connectivity index (χ2v) is 6.16. The van der Waals surface area contributed by atoms with Crippen molar-refractivity contribution in [2.24, 2.45) is 5.73 Å². The van der Waals surface area contributed by atoms with Crippen molar-refractivity contribution in [3.8, 4) is 0 Å². The van der Waals surface area contributed by atoms with Crippen LogP contribution in [0.15, 0.2) is 23.1 Å². The molecule has 3 rings (SSSR count). The maximum absolute atomic E-state index is 14.4. The summed E-state index contributed by atoms with van der Waals surface area (Å²) in [5.41, 5.74) is 5.77. The number of aryl methyl sites for hydroxylation is 1. The number of carboxylic acid groups (broad SMARTS) is 1. The average molecular weight is 333 g/mol. The topological polar surface area (TPSA) is 97.3 Å². The molecule has 7 heteroatoms. The standard InChI is InChI=1S/C17H20FN3O3/c1-2-21-8-10(17(23)24)16(22)9-6-11(18)14(7-15(9)21)20-13-5-3-4-12(13)19/h6-8,12-13,20H,2-5,19H2,1H3,(H,23,24). The van der Waals surface area contributed by atoms with Crippen molar-refractivity contribution in [1.29, 1.82) is 0 Å². The van der Waals surface area contributed by atoms with Gasteiger partial charge in [0.15, 0.2) is 0 Å². The van der Waals surface area contributed by atoms with E-state index in [1.807, 2.05) is 6.92 Å². The molecule has 0 amide bonds. The van der Waals surface area contributed by atoms with Gasteiger partial charge in [0, 0.05) is 30.2 Å². The number of nitrogens with two attached hydrogens (primary N) is 1. The van der Waals surface area contributed by atoms with Crippen LogP contribution in [0.4, 0.5) is 10.1 Å². The Labute approximate surface area is 138 Å². The van der Waals surface area contributed by atoms with Gasteiger partial charge >= 0.3 is 5.97 Å². The Morgan fingerprint density at radius 2 is 2.21 bits per heavy atom. The summed E-state index contributed by atoms with van der Waals surface area (Å²) in [6, 6.07) is 2.64. The van der Waals surface area contributed by atoms with Gasteiger partial charge < -0.3 is 20.7 Å². The SMILES string of the molecule is CCn1cc(C(=O)O)c(=O)c2cc(F)c(NC3CCCC3N)cc21. The summed E-state index contributed by atoms with van der Waals surface area (Å²) in [5, 5.41) is 12.3. The van der Waals surface area contributed by atoms with Gasteiger partial charge in [-0.25, -0.2) is 9.18 Å². The van der Waals surface area contributed by atoms with Gasteiger partial charge in [0.2, 0.25) is 5.43 Å². The number of nitrogens with zero attached hydrogens (tertiary/aromatic N) is 1. The molecule has 1 fully saturated rings. The highest BCUT2D eigenvalue weighted by Crippen LogP contribution is 2.26. The number of carbonyl (C=O) groups is 1. The molecule has 0 aliphatic heterocycles. The highest BCUT2D eigenvalue weighted by molar-refractivity contribution is 5.93. The van der Waals surface area contributed by atoms with E-state index in [-0.39, 0.29) is 28.7 Å². The van der Waals surface area contributed by atoms with E-state index in [0.29, 0.717) is 12.1 Å². The van der Waals surface area contributed by atoms with Crippen LogP contribution in [0, 0.1) is 5.82 Å². The van der Waals surface area contributed by atoms with Gasteiger partial charge in [-0.3, -0.25) is 4.79 Å². The summed E-state index contributed by atoms with van der Waals surface area (Å²) in [7, 11) is 0. The molecule has 2 aromatic rings. The van der Waals surface area contributed by atoms with Gasteiger partial charge in [0.1, 0.15) is 11.4 Å². The third-order valence-corrected chi connectivity index (χ3v) is 4.65. The lowest BCUT2D eigenvalue weighted by atomic mass is 10.1. The fourth-order valence-electron chi connectivity index (χ4n) is 3.30. The molecule has 2 unspecified atom stereocenters. The third-order valence-electron chi connectivity index (χ3n) is 4.65. The molecule has 1 aromatic carbocycles. The fraction of sp³-hybridized carbons (Fsp3) is 0.412. The quantitative estimate of drug-likeness (QED) is 0.796. The van der Waals surface area contributed by atoms with Crippen LogP contribution in [0.1, 0.15) is 36.5 Å². The van der Waals surface area contributed by atoms with Crippen molar-refractivity contribution in [1.82, 2.24) is 4.57 Å². The van der Waals surface area contributed by atoms with Crippen LogP contribution in [-0.4, -0.2) is 27.7 Å². The Hall–Kier alpha value is -2.41. The molecule has 128 valence electrons. The van der Waals surface area contributed by atoms with Crippen LogP contribution in [0.3, 0.4) is 0 Å². The summed E-state index contributed by atoms with van der Waals surface area (Å²) >= 11 is 0. The van der Waals surface area contributed by atoms with Crippen molar-refractivity contribution >= 4 is 22.6 Å². The smallest absolute Gasteiger partial charge is 0.341 e. The number of fused-ring (bicyclic) bond motifs is 1. The lowest BCUT2D eigenvalue weighted by Gasteiger charge is -2.20. The first-order valence-corrected chi connectivity index (χ1v) is 8.04. The fourth-order valence-corrected chi connectivity index (χ4v) is 3.30. The van der Waals surface area contributed by atoms with Gasteiger partial charge in [-0.1, -0.05) is 0 Å². The molecule has 1 heterocycles. The Morgan fingerprint density at radius 1 is 1.46 bits per heavy atom. The Balaban J connectivity index is 2.14. The number of aromatic nitrogens is 1. The Bertz CT molecular complexity index is 862. The van der Waals surface area contributed by atoms with Crippen LogP contribution in [0.5, 0.6) is 0 Å². The summed E-state index contributed by atoms with van der Waals surface area (Å²) in [5.74, 6) is -1.90. The molecule has 1 aliphatic rings. The van der Waals surface area contributed by atoms with E-state index in [9.17, 15) is 14.0 Å². The number of rotatable bonds is 4. The van der Waals surface area contributed by atoms with Crippen LogP contribution >= 0.6 is 0 Å². The van der Waals surface area contributed by atoms with Gasteiger partial charge in [-0.15, -0.1) is 0 Å². The largest absolute Gasteiger partial charge is 0.477 e.